The Labute approximate surface area is 198 Å². The molecule has 2 aromatic carbocycles. The predicted molar refractivity (Wildman–Crippen MR) is 122 cm³/mol. The van der Waals surface area contributed by atoms with Crippen LogP contribution in [0.4, 0.5) is 8.78 Å². The zero-order valence-corrected chi connectivity index (χ0v) is 19.0. The fraction of sp³-hybridized carbons (Fsp3) is 0.304. The van der Waals surface area contributed by atoms with Gasteiger partial charge in [0.15, 0.2) is 16.8 Å². The van der Waals surface area contributed by atoms with E-state index in [0.717, 1.165) is 38.4 Å². The maximum atomic E-state index is 13.4. The maximum absolute atomic E-state index is 13.4. The standard InChI is InChI=1S/C23H22F2N6O2S/c24-18-5-1-16(2-6-18)21-27-28-23(31(21)10-9-30-11-13-32-14-12-30)34-15-20-26-22(33-29-20)17-3-7-19(25)8-4-17/h1-8H,9-15H2. The zero-order chi connectivity index (χ0) is 23.3. The van der Waals surface area contributed by atoms with Crippen molar-refractivity contribution >= 4 is 11.8 Å². The Kier molecular flexibility index (Phi) is 6.93. The quantitative estimate of drug-likeness (QED) is 0.349. The number of benzene rings is 2. The van der Waals surface area contributed by atoms with Gasteiger partial charge in [0.25, 0.3) is 5.89 Å². The third-order valence-corrected chi connectivity index (χ3v) is 6.42. The second-order valence-corrected chi connectivity index (χ2v) is 8.67. The van der Waals surface area contributed by atoms with Gasteiger partial charge in [-0.1, -0.05) is 16.9 Å². The van der Waals surface area contributed by atoms with Gasteiger partial charge in [0.05, 0.1) is 19.0 Å². The molecular weight excluding hydrogens is 462 g/mol. The molecule has 0 spiro atoms. The minimum atomic E-state index is -0.326. The molecule has 1 saturated heterocycles. The lowest BCUT2D eigenvalue weighted by atomic mass is 10.2. The van der Waals surface area contributed by atoms with Crippen molar-refractivity contribution in [1.82, 2.24) is 29.8 Å². The lowest BCUT2D eigenvalue weighted by Crippen LogP contribution is -2.38. The zero-order valence-electron chi connectivity index (χ0n) is 18.2. The van der Waals surface area contributed by atoms with E-state index in [0.29, 0.717) is 40.6 Å². The van der Waals surface area contributed by atoms with Gasteiger partial charge in [-0.3, -0.25) is 4.90 Å². The van der Waals surface area contributed by atoms with Crippen LogP contribution < -0.4 is 0 Å². The summed E-state index contributed by atoms with van der Waals surface area (Å²) in [6.07, 6.45) is 0. The van der Waals surface area contributed by atoms with Crippen molar-refractivity contribution in [3.8, 4) is 22.8 Å². The van der Waals surface area contributed by atoms with E-state index in [1.54, 1.807) is 24.3 Å². The highest BCUT2D eigenvalue weighted by molar-refractivity contribution is 7.98. The van der Waals surface area contributed by atoms with Gasteiger partial charge in [-0.25, -0.2) is 8.78 Å². The molecule has 0 N–H and O–H groups in total. The van der Waals surface area contributed by atoms with Gasteiger partial charge < -0.3 is 13.8 Å². The van der Waals surface area contributed by atoms with Gasteiger partial charge >= 0.3 is 0 Å². The molecule has 11 heteroatoms. The molecule has 0 aliphatic carbocycles. The predicted octanol–water partition coefficient (Wildman–Crippen LogP) is 3.90. The van der Waals surface area contributed by atoms with Crippen molar-refractivity contribution in [2.24, 2.45) is 0 Å². The Hall–Kier alpha value is -3.15. The van der Waals surface area contributed by atoms with Crippen LogP contribution in [0.25, 0.3) is 22.8 Å². The molecule has 0 amide bonds. The fourth-order valence-electron chi connectivity index (χ4n) is 3.63. The second-order valence-electron chi connectivity index (χ2n) is 7.73. The summed E-state index contributed by atoms with van der Waals surface area (Å²) < 4.78 is 39.4. The summed E-state index contributed by atoms with van der Waals surface area (Å²) in [4.78, 5) is 6.74. The first kappa shape index (κ1) is 22.6. The lowest BCUT2D eigenvalue weighted by Gasteiger charge is -2.27. The first-order chi connectivity index (χ1) is 16.7. The van der Waals surface area contributed by atoms with Crippen LogP contribution in [0, 0.1) is 11.6 Å². The van der Waals surface area contributed by atoms with E-state index in [1.165, 1.54) is 36.0 Å². The normalized spacial score (nSPS) is 14.5. The minimum absolute atomic E-state index is 0.299. The molecule has 8 nitrogen and oxygen atoms in total. The van der Waals surface area contributed by atoms with Gasteiger partial charge in [0, 0.05) is 37.3 Å². The molecule has 1 aliphatic rings. The number of nitrogens with zero attached hydrogens (tertiary/aromatic N) is 6. The molecule has 176 valence electrons. The average Bonchev–Trinajstić information content (AvgIpc) is 3.50. The molecule has 1 fully saturated rings. The summed E-state index contributed by atoms with van der Waals surface area (Å²) in [5.74, 6) is 1.30. The van der Waals surface area contributed by atoms with Gasteiger partial charge in [0.2, 0.25) is 0 Å². The SMILES string of the molecule is Fc1ccc(-c2nc(CSc3nnc(-c4ccc(F)cc4)n3CCN3CCOCC3)no2)cc1. The van der Waals surface area contributed by atoms with Gasteiger partial charge in [-0.05, 0) is 48.5 Å². The first-order valence-corrected chi connectivity index (χ1v) is 11.8. The summed E-state index contributed by atoms with van der Waals surface area (Å²) in [6.45, 7) is 4.71. The molecule has 0 atom stereocenters. The van der Waals surface area contributed by atoms with Gasteiger partial charge in [-0.15, -0.1) is 10.2 Å². The van der Waals surface area contributed by atoms with Crippen molar-refractivity contribution in [2.45, 2.75) is 17.5 Å². The number of rotatable bonds is 8. The van der Waals surface area contributed by atoms with E-state index in [2.05, 4.69) is 25.2 Å². The van der Waals surface area contributed by atoms with Gasteiger partial charge in [0.1, 0.15) is 11.6 Å². The molecule has 4 aromatic rings. The molecule has 3 heterocycles. The third-order valence-electron chi connectivity index (χ3n) is 5.45. The fourth-order valence-corrected chi connectivity index (χ4v) is 4.43. The molecule has 0 bridgehead atoms. The van der Waals surface area contributed by atoms with E-state index < -0.39 is 0 Å². The Balaban J connectivity index is 1.33. The largest absolute Gasteiger partial charge is 0.379 e. The van der Waals surface area contributed by atoms with Crippen LogP contribution in [0.1, 0.15) is 5.82 Å². The van der Waals surface area contributed by atoms with Crippen LogP contribution in [-0.4, -0.2) is 62.7 Å². The Morgan fingerprint density at radius 2 is 1.53 bits per heavy atom. The number of morpholine rings is 1. The van der Waals surface area contributed by atoms with Crippen LogP contribution in [0.15, 0.2) is 58.2 Å². The van der Waals surface area contributed by atoms with Crippen molar-refractivity contribution in [3.05, 3.63) is 66.0 Å². The first-order valence-electron chi connectivity index (χ1n) is 10.9. The lowest BCUT2D eigenvalue weighted by molar-refractivity contribution is 0.0361. The highest BCUT2D eigenvalue weighted by Crippen LogP contribution is 2.27. The number of hydrogen-bond donors (Lipinski definition) is 0. The number of aromatic nitrogens is 5. The highest BCUT2D eigenvalue weighted by Gasteiger charge is 2.18. The molecule has 0 unspecified atom stereocenters. The molecular formula is C23H22F2N6O2S. The van der Waals surface area contributed by atoms with Crippen LogP contribution in [-0.2, 0) is 17.0 Å². The van der Waals surface area contributed by atoms with E-state index >= 15 is 0 Å². The van der Waals surface area contributed by atoms with Crippen molar-refractivity contribution in [3.63, 3.8) is 0 Å². The molecule has 5 rings (SSSR count). The third kappa shape index (κ3) is 5.32. The molecule has 1 aliphatic heterocycles. The van der Waals surface area contributed by atoms with Gasteiger partial charge in [-0.2, -0.15) is 4.98 Å². The Morgan fingerprint density at radius 1 is 0.853 bits per heavy atom. The number of halogens is 2. The summed E-state index contributed by atoms with van der Waals surface area (Å²) >= 11 is 1.44. The maximum Gasteiger partial charge on any atom is 0.257 e. The minimum Gasteiger partial charge on any atom is -0.379 e. The molecule has 2 aromatic heterocycles. The van der Waals surface area contributed by atoms with E-state index in [4.69, 9.17) is 9.26 Å². The van der Waals surface area contributed by atoms with Crippen LogP contribution in [0.2, 0.25) is 0 Å². The van der Waals surface area contributed by atoms with E-state index in [9.17, 15) is 8.78 Å². The molecule has 0 radical (unpaired) electrons. The highest BCUT2D eigenvalue weighted by atomic mass is 32.2. The van der Waals surface area contributed by atoms with Crippen LogP contribution in [0.3, 0.4) is 0 Å². The topological polar surface area (TPSA) is 82.1 Å². The van der Waals surface area contributed by atoms with E-state index in [-0.39, 0.29) is 11.6 Å². The van der Waals surface area contributed by atoms with Crippen molar-refractivity contribution < 1.29 is 18.0 Å². The van der Waals surface area contributed by atoms with E-state index in [1.807, 2.05) is 4.57 Å². The summed E-state index contributed by atoms with van der Waals surface area (Å²) in [5.41, 5.74) is 1.44. The average molecular weight is 485 g/mol. The monoisotopic (exact) mass is 484 g/mol. The number of thioether (sulfide) groups is 1. The summed E-state index contributed by atoms with van der Waals surface area (Å²) in [5, 5.41) is 13.5. The smallest absolute Gasteiger partial charge is 0.257 e. The van der Waals surface area contributed by atoms with Crippen LogP contribution in [0.5, 0.6) is 0 Å². The Bertz CT molecular complexity index is 1220. The second kappa shape index (κ2) is 10.4. The number of hydrogen-bond acceptors (Lipinski definition) is 8. The molecule has 34 heavy (non-hydrogen) atoms. The Morgan fingerprint density at radius 3 is 2.24 bits per heavy atom. The van der Waals surface area contributed by atoms with Crippen molar-refractivity contribution in [1.29, 1.82) is 0 Å². The summed E-state index contributed by atoms with van der Waals surface area (Å²) in [7, 11) is 0. The molecule has 0 saturated carbocycles. The summed E-state index contributed by atoms with van der Waals surface area (Å²) in [6, 6.07) is 12.1. The van der Waals surface area contributed by atoms with Crippen molar-refractivity contribution in [2.75, 3.05) is 32.8 Å². The number of ether oxygens (including phenoxy) is 1. The van der Waals surface area contributed by atoms with Crippen LogP contribution >= 0.6 is 11.8 Å².